The van der Waals surface area contributed by atoms with E-state index >= 15 is 0 Å². The first-order chi connectivity index (χ1) is 8.31. The van der Waals surface area contributed by atoms with Gasteiger partial charge in [0.1, 0.15) is 0 Å². The molecule has 0 saturated heterocycles. The van der Waals surface area contributed by atoms with Gasteiger partial charge in [-0.25, -0.2) is 0 Å². The second kappa shape index (κ2) is 6.02. The molecule has 2 atom stereocenters. The van der Waals surface area contributed by atoms with Gasteiger partial charge in [0.25, 0.3) is 0 Å². The molecule has 0 spiro atoms. The highest BCUT2D eigenvalue weighted by Gasteiger charge is 2.20. The third kappa shape index (κ3) is 3.19. The minimum Gasteiger partial charge on any atom is -0.388 e. The van der Waals surface area contributed by atoms with Crippen LogP contribution in [0.1, 0.15) is 49.8 Å². The van der Waals surface area contributed by atoms with E-state index in [0.29, 0.717) is 5.92 Å². The Kier molecular flexibility index (Phi) is 4.38. The molecule has 0 fully saturated rings. The van der Waals surface area contributed by atoms with Crippen LogP contribution in [-0.2, 0) is 6.42 Å². The summed E-state index contributed by atoms with van der Waals surface area (Å²) in [6.07, 6.45) is 9.64. The quantitative estimate of drug-likeness (QED) is 0.774. The maximum atomic E-state index is 10.3. The Bertz CT molecular complexity index is 364. The zero-order valence-electron chi connectivity index (χ0n) is 10.6. The van der Waals surface area contributed by atoms with Crippen molar-refractivity contribution in [1.82, 2.24) is 0 Å². The van der Waals surface area contributed by atoms with Gasteiger partial charge in [-0.3, -0.25) is 0 Å². The summed E-state index contributed by atoms with van der Waals surface area (Å²) in [4.78, 5) is 0. The topological polar surface area (TPSA) is 20.2 Å². The molecule has 0 amide bonds. The monoisotopic (exact) mass is 230 g/mol. The lowest BCUT2D eigenvalue weighted by molar-refractivity contribution is 0.102. The molecule has 1 nitrogen and oxygen atoms in total. The molecule has 0 saturated carbocycles. The molecule has 1 aromatic carbocycles. The van der Waals surface area contributed by atoms with Crippen molar-refractivity contribution in [3.8, 4) is 0 Å². The lowest BCUT2D eigenvalue weighted by Crippen LogP contribution is -2.13. The summed E-state index contributed by atoms with van der Waals surface area (Å²) in [6.45, 7) is 2.19. The molecule has 92 valence electrons. The average Bonchev–Trinajstić information content (AvgIpc) is 2.40. The van der Waals surface area contributed by atoms with Crippen molar-refractivity contribution >= 4 is 0 Å². The third-order valence-corrected chi connectivity index (χ3v) is 3.62. The predicted octanol–water partition coefficient (Wildman–Crippen LogP) is 4.03. The SMILES string of the molecule is CCCc1ccc(C(O)C2CC=CCC2)cc1. The van der Waals surface area contributed by atoms with Crippen LogP contribution in [0.2, 0.25) is 0 Å². The van der Waals surface area contributed by atoms with E-state index in [9.17, 15) is 5.11 Å². The van der Waals surface area contributed by atoms with Crippen LogP contribution < -0.4 is 0 Å². The van der Waals surface area contributed by atoms with Crippen LogP contribution >= 0.6 is 0 Å². The molecule has 17 heavy (non-hydrogen) atoms. The number of aliphatic hydroxyl groups is 1. The summed E-state index contributed by atoms with van der Waals surface area (Å²) in [6, 6.07) is 8.49. The van der Waals surface area contributed by atoms with Crippen molar-refractivity contribution in [3.05, 3.63) is 47.5 Å². The van der Waals surface area contributed by atoms with Gasteiger partial charge in [-0.1, -0.05) is 49.8 Å². The largest absolute Gasteiger partial charge is 0.388 e. The lowest BCUT2D eigenvalue weighted by Gasteiger charge is -2.24. The van der Waals surface area contributed by atoms with Crippen molar-refractivity contribution in [2.24, 2.45) is 5.92 Å². The normalized spacial score (nSPS) is 21.4. The van der Waals surface area contributed by atoms with Crippen molar-refractivity contribution < 1.29 is 5.11 Å². The van der Waals surface area contributed by atoms with Crippen LogP contribution in [0.3, 0.4) is 0 Å². The second-order valence-corrected chi connectivity index (χ2v) is 4.98. The van der Waals surface area contributed by atoms with Gasteiger partial charge in [0, 0.05) is 0 Å². The summed E-state index contributed by atoms with van der Waals surface area (Å²) >= 11 is 0. The van der Waals surface area contributed by atoms with E-state index in [-0.39, 0.29) is 6.10 Å². The summed E-state index contributed by atoms with van der Waals surface area (Å²) in [7, 11) is 0. The third-order valence-electron chi connectivity index (χ3n) is 3.62. The van der Waals surface area contributed by atoms with E-state index in [1.807, 2.05) is 0 Å². The fourth-order valence-corrected chi connectivity index (χ4v) is 2.55. The summed E-state index contributed by atoms with van der Waals surface area (Å²) < 4.78 is 0. The maximum Gasteiger partial charge on any atom is 0.0821 e. The highest BCUT2D eigenvalue weighted by Crippen LogP contribution is 2.31. The molecule has 0 bridgehead atoms. The van der Waals surface area contributed by atoms with E-state index in [1.54, 1.807) is 0 Å². The van der Waals surface area contributed by atoms with Crippen LogP contribution in [0, 0.1) is 5.92 Å². The Balaban J connectivity index is 2.03. The summed E-state index contributed by atoms with van der Waals surface area (Å²) in [5, 5.41) is 10.3. The number of hydrogen-bond donors (Lipinski definition) is 1. The van der Waals surface area contributed by atoms with E-state index in [4.69, 9.17) is 0 Å². The van der Waals surface area contributed by atoms with Gasteiger partial charge in [-0.15, -0.1) is 0 Å². The van der Waals surface area contributed by atoms with Crippen molar-refractivity contribution in [2.45, 2.75) is 45.1 Å². The predicted molar refractivity (Wildman–Crippen MR) is 71.9 cm³/mol. The molecule has 0 heterocycles. The molecular formula is C16H22O. The number of benzene rings is 1. The number of allylic oxidation sites excluding steroid dienone is 2. The fourth-order valence-electron chi connectivity index (χ4n) is 2.55. The molecular weight excluding hydrogens is 208 g/mol. The Morgan fingerprint density at radius 2 is 2.00 bits per heavy atom. The number of hydrogen-bond acceptors (Lipinski definition) is 1. The molecule has 0 aliphatic heterocycles. The molecule has 1 aliphatic carbocycles. The summed E-state index contributed by atoms with van der Waals surface area (Å²) in [5.74, 6) is 0.400. The van der Waals surface area contributed by atoms with E-state index < -0.39 is 0 Å². The minimum atomic E-state index is -0.296. The van der Waals surface area contributed by atoms with Gasteiger partial charge in [0.05, 0.1) is 6.10 Å². The van der Waals surface area contributed by atoms with Gasteiger partial charge in [0.15, 0.2) is 0 Å². The lowest BCUT2D eigenvalue weighted by atomic mass is 9.86. The van der Waals surface area contributed by atoms with E-state index in [2.05, 4.69) is 43.3 Å². The molecule has 1 aromatic rings. The average molecular weight is 230 g/mol. The Morgan fingerprint density at radius 3 is 2.59 bits per heavy atom. The van der Waals surface area contributed by atoms with E-state index in [1.165, 1.54) is 12.0 Å². The second-order valence-electron chi connectivity index (χ2n) is 4.98. The molecule has 2 rings (SSSR count). The Hall–Kier alpha value is -1.08. The summed E-state index contributed by atoms with van der Waals surface area (Å²) in [5.41, 5.74) is 2.44. The first kappa shape index (κ1) is 12.4. The van der Waals surface area contributed by atoms with Crippen LogP contribution in [-0.4, -0.2) is 5.11 Å². The fraction of sp³-hybridized carbons (Fsp3) is 0.500. The van der Waals surface area contributed by atoms with E-state index in [0.717, 1.165) is 31.2 Å². The Labute approximate surface area is 104 Å². The number of aliphatic hydroxyl groups excluding tert-OH is 1. The van der Waals surface area contributed by atoms with Crippen molar-refractivity contribution in [2.75, 3.05) is 0 Å². The molecule has 2 unspecified atom stereocenters. The highest BCUT2D eigenvalue weighted by atomic mass is 16.3. The molecule has 0 radical (unpaired) electrons. The Morgan fingerprint density at radius 1 is 1.24 bits per heavy atom. The van der Waals surface area contributed by atoms with Crippen molar-refractivity contribution in [1.29, 1.82) is 0 Å². The van der Waals surface area contributed by atoms with Crippen LogP contribution in [0.4, 0.5) is 0 Å². The van der Waals surface area contributed by atoms with Crippen molar-refractivity contribution in [3.63, 3.8) is 0 Å². The smallest absolute Gasteiger partial charge is 0.0821 e. The number of rotatable bonds is 4. The van der Waals surface area contributed by atoms with Crippen LogP contribution in [0.5, 0.6) is 0 Å². The van der Waals surface area contributed by atoms with Crippen LogP contribution in [0.25, 0.3) is 0 Å². The zero-order valence-corrected chi connectivity index (χ0v) is 10.6. The first-order valence-electron chi connectivity index (χ1n) is 6.73. The zero-order chi connectivity index (χ0) is 12.1. The van der Waals surface area contributed by atoms with Gasteiger partial charge < -0.3 is 5.11 Å². The number of aryl methyl sites for hydroxylation is 1. The molecule has 1 N–H and O–H groups in total. The molecule has 1 aliphatic rings. The standard InChI is InChI=1S/C16H22O/c1-2-6-13-9-11-15(12-10-13)16(17)14-7-4-3-5-8-14/h3-4,9-12,14,16-17H,2,5-8H2,1H3. The minimum absolute atomic E-state index is 0.296. The van der Waals surface area contributed by atoms with Gasteiger partial charge >= 0.3 is 0 Å². The maximum absolute atomic E-state index is 10.3. The van der Waals surface area contributed by atoms with Crippen LogP contribution in [0.15, 0.2) is 36.4 Å². The van der Waals surface area contributed by atoms with Gasteiger partial charge in [0.2, 0.25) is 0 Å². The van der Waals surface area contributed by atoms with Gasteiger partial charge in [-0.05, 0) is 42.7 Å². The van der Waals surface area contributed by atoms with Gasteiger partial charge in [-0.2, -0.15) is 0 Å². The molecule has 1 heteroatoms. The molecule has 0 aromatic heterocycles. The first-order valence-corrected chi connectivity index (χ1v) is 6.73. The highest BCUT2D eigenvalue weighted by molar-refractivity contribution is 5.25.